The molecule has 1 saturated heterocycles. The second-order valence-corrected chi connectivity index (χ2v) is 6.58. The number of carbonyl (C=O) groups excluding carboxylic acids is 1. The van der Waals surface area contributed by atoms with Gasteiger partial charge >= 0.3 is 0 Å². The molecule has 0 aliphatic carbocycles. The third-order valence-electron chi connectivity index (χ3n) is 4.47. The number of benzene rings is 1. The summed E-state index contributed by atoms with van der Waals surface area (Å²) < 4.78 is 0. The van der Waals surface area contributed by atoms with E-state index >= 15 is 0 Å². The van der Waals surface area contributed by atoms with Crippen LogP contribution in [0.1, 0.15) is 45.6 Å². The zero-order valence-corrected chi connectivity index (χ0v) is 12.9. The van der Waals surface area contributed by atoms with E-state index in [1.54, 1.807) is 0 Å². The first-order valence-corrected chi connectivity index (χ1v) is 7.56. The Labute approximate surface area is 122 Å². The van der Waals surface area contributed by atoms with Crippen molar-refractivity contribution in [2.45, 2.75) is 45.4 Å². The maximum Gasteiger partial charge on any atom is 0.232 e. The van der Waals surface area contributed by atoms with Crippen molar-refractivity contribution in [1.82, 2.24) is 4.90 Å². The van der Waals surface area contributed by atoms with Crippen molar-refractivity contribution in [2.75, 3.05) is 18.8 Å². The molecule has 0 spiro atoms. The highest BCUT2D eigenvalue weighted by Gasteiger charge is 2.34. The first kappa shape index (κ1) is 14.9. The molecule has 1 aromatic rings. The summed E-state index contributed by atoms with van der Waals surface area (Å²) in [5.41, 5.74) is 7.02. The first-order chi connectivity index (χ1) is 9.41. The number of nitrogen functional groups attached to an aromatic ring is 1. The summed E-state index contributed by atoms with van der Waals surface area (Å²) in [6.07, 6.45) is 3.46. The molecule has 1 aliphatic heterocycles. The Balaban J connectivity index is 2.15. The predicted octanol–water partition coefficient (Wildman–Crippen LogP) is 3.20. The molecule has 0 radical (unpaired) electrons. The highest BCUT2D eigenvalue weighted by molar-refractivity contribution is 5.87. The number of hydrogen-bond acceptors (Lipinski definition) is 2. The molecule has 2 rings (SSSR count). The number of hydrogen-bond donors (Lipinski definition) is 1. The van der Waals surface area contributed by atoms with Gasteiger partial charge in [0.05, 0.1) is 5.41 Å². The van der Waals surface area contributed by atoms with Crippen molar-refractivity contribution >= 4 is 11.6 Å². The topological polar surface area (TPSA) is 46.3 Å². The molecule has 110 valence electrons. The van der Waals surface area contributed by atoms with E-state index in [1.165, 1.54) is 6.42 Å². The zero-order valence-electron chi connectivity index (χ0n) is 12.9. The normalized spacial score (nSPS) is 20.6. The molecule has 1 heterocycles. The van der Waals surface area contributed by atoms with Crippen molar-refractivity contribution in [3.63, 3.8) is 0 Å². The third kappa shape index (κ3) is 3.14. The second-order valence-electron chi connectivity index (χ2n) is 6.58. The minimum Gasteiger partial charge on any atom is -0.399 e. The van der Waals surface area contributed by atoms with Crippen molar-refractivity contribution < 1.29 is 4.79 Å². The molecule has 1 unspecified atom stereocenters. The van der Waals surface area contributed by atoms with Gasteiger partial charge in [-0.1, -0.05) is 19.1 Å². The number of rotatable bonds is 2. The number of anilines is 1. The average Bonchev–Trinajstić information content (AvgIpc) is 2.63. The average molecular weight is 274 g/mol. The van der Waals surface area contributed by atoms with Crippen molar-refractivity contribution in [2.24, 2.45) is 5.92 Å². The van der Waals surface area contributed by atoms with Crippen LogP contribution in [-0.2, 0) is 10.2 Å². The molecular weight excluding hydrogens is 248 g/mol. The molecule has 1 amide bonds. The third-order valence-corrected chi connectivity index (χ3v) is 4.47. The van der Waals surface area contributed by atoms with E-state index in [9.17, 15) is 4.79 Å². The lowest BCUT2D eigenvalue weighted by molar-refractivity contribution is -0.136. The van der Waals surface area contributed by atoms with Crippen LogP contribution in [0.4, 0.5) is 5.69 Å². The van der Waals surface area contributed by atoms with Gasteiger partial charge in [0.25, 0.3) is 0 Å². The fraction of sp³-hybridized carbons (Fsp3) is 0.588. The maximum atomic E-state index is 12.9. The lowest BCUT2D eigenvalue weighted by atomic mass is 9.83. The van der Waals surface area contributed by atoms with E-state index in [1.807, 2.05) is 43.0 Å². The summed E-state index contributed by atoms with van der Waals surface area (Å²) in [6, 6.07) is 7.67. The molecule has 2 N–H and O–H groups in total. The number of likely N-dealkylation sites (tertiary alicyclic amines) is 1. The van der Waals surface area contributed by atoms with Gasteiger partial charge in [-0.3, -0.25) is 4.79 Å². The number of amides is 1. The van der Waals surface area contributed by atoms with Gasteiger partial charge in [0.2, 0.25) is 5.91 Å². The Morgan fingerprint density at radius 1 is 1.20 bits per heavy atom. The van der Waals surface area contributed by atoms with E-state index < -0.39 is 5.41 Å². The molecule has 0 aromatic heterocycles. The van der Waals surface area contributed by atoms with E-state index in [4.69, 9.17) is 5.73 Å². The molecule has 1 fully saturated rings. The summed E-state index contributed by atoms with van der Waals surface area (Å²) in [4.78, 5) is 14.9. The monoisotopic (exact) mass is 274 g/mol. The lowest BCUT2D eigenvalue weighted by Gasteiger charge is -2.31. The van der Waals surface area contributed by atoms with Crippen LogP contribution in [0, 0.1) is 5.92 Å². The van der Waals surface area contributed by atoms with Gasteiger partial charge in [-0.05, 0) is 56.7 Å². The van der Waals surface area contributed by atoms with Crippen LogP contribution < -0.4 is 5.73 Å². The van der Waals surface area contributed by atoms with Gasteiger partial charge in [0.15, 0.2) is 0 Å². The fourth-order valence-electron chi connectivity index (χ4n) is 2.88. The van der Waals surface area contributed by atoms with Crippen LogP contribution in [0.3, 0.4) is 0 Å². The maximum absolute atomic E-state index is 12.9. The van der Waals surface area contributed by atoms with Crippen molar-refractivity contribution in [1.29, 1.82) is 0 Å². The Morgan fingerprint density at radius 3 is 2.50 bits per heavy atom. The molecular formula is C17H26N2O. The zero-order chi connectivity index (χ0) is 14.8. The summed E-state index contributed by atoms with van der Waals surface area (Å²) in [6.45, 7) is 8.07. The standard InChI is InChI=1S/C17H26N2O/c1-13-5-4-11-19(12-10-13)16(20)17(2,3)14-6-8-15(18)9-7-14/h6-9,13H,4-5,10-12,18H2,1-3H3. The SMILES string of the molecule is CC1CCCN(C(=O)C(C)(C)c2ccc(N)cc2)CC1. The van der Waals surface area contributed by atoms with Crippen LogP contribution in [0.25, 0.3) is 0 Å². The minimum absolute atomic E-state index is 0.233. The molecule has 0 bridgehead atoms. The van der Waals surface area contributed by atoms with Crippen LogP contribution >= 0.6 is 0 Å². The Bertz CT molecular complexity index is 464. The van der Waals surface area contributed by atoms with Crippen LogP contribution in [0.5, 0.6) is 0 Å². The minimum atomic E-state index is -0.485. The van der Waals surface area contributed by atoms with Crippen molar-refractivity contribution in [3.8, 4) is 0 Å². The fourth-order valence-corrected chi connectivity index (χ4v) is 2.88. The lowest BCUT2D eigenvalue weighted by Crippen LogP contribution is -2.44. The molecule has 0 saturated carbocycles. The van der Waals surface area contributed by atoms with Crippen LogP contribution in [0.2, 0.25) is 0 Å². The number of nitrogens with two attached hydrogens (primary N) is 1. The Morgan fingerprint density at radius 2 is 1.85 bits per heavy atom. The van der Waals surface area contributed by atoms with E-state index in [-0.39, 0.29) is 5.91 Å². The molecule has 20 heavy (non-hydrogen) atoms. The van der Waals surface area contributed by atoms with Gasteiger partial charge < -0.3 is 10.6 Å². The first-order valence-electron chi connectivity index (χ1n) is 7.56. The van der Waals surface area contributed by atoms with E-state index in [2.05, 4.69) is 6.92 Å². The van der Waals surface area contributed by atoms with Gasteiger partial charge in [0, 0.05) is 18.8 Å². The largest absolute Gasteiger partial charge is 0.399 e. The van der Waals surface area contributed by atoms with Gasteiger partial charge in [-0.15, -0.1) is 0 Å². The van der Waals surface area contributed by atoms with Gasteiger partial charge in [-0.25, -0.2) is 0 Å². The smallest absolute Gasteiger partial charge is 0.232 e. The van der Waals surface area contributed by atoms with Gasteiger partial charge in [-0.2, -0.15) is 0 Å². The quantitative estimate of drug-likeness (QED) is 0.842. The Hall–Kier alpha value is -1.51. The van der Waals surface area contributed by atoms with Crippen LogP contribution in [-0.4, -0.2) is 23.9 Å². The van der Waals surface area contributed by atoms with E-state index in [0.717, 1.165) is 43.1 Å². The second kappa shape index (κ2) is 5.86. The molecule has 1 aliphatic rings. The number of carbonyl (C=O) groups is 1. The summed E-state index contributed by atoms with van der Waals surface area (Å²) in [5, 5.41) is 0. The molecule has 1 aromatic carbocycles. The highest BCUT2D eigenvalue weighted by atomic mass is 16.2. The Kier molecular flexibility index (Phi) is 4.36. The van der Waals surface area contributed by atoms with Gasteiger partial charge in [0.1, 0.15) is 0 Å². The summed E-state index contributed by atoms with van der Waals surface area (Å²) in [5.74, 6) is 0.962. The van der Waals surface area contributed by atoms with Crippen LogP contribution in [0.15, 0.2) is 24.3 Å². The van der Waals surface area contributed by atoms with Crippen molar-refractivity contribution in [3.05, 3.63) is 29.8 Å². The summed E-state index contributed by atoms with van der Waals surface area (Å²) >= 11 is 0. The molecule has 3 nitrogen and oxygen atoms in total. The molecule has 1 atom stereocenters. The molecule has 3 heteroatoms. The number of nitrogens with zero attached hydrogens (tertiary/aromatic N) is 1. The summed E-state index contributed by atoms with van der Waals surface area (Å²) in [7, 11) is 0. The predicted molar refractivity (Wildman–Crippen MR) is 83.5 cm³/mol. The highest BCUT2D eigenvalue weighted by Crippen LogP contribution is 2.28. The van der Waals surface area contributed by atoms with E-state index in [0.29, 0.717) is 0 Å².